The highest BCUT2D eigenvalue weighted by atomic mass is 16.6. The molecule has 0 radical (unpaired) electrons. The van der Waals surface area contributed by atoms with Crippen LogP contribution in [0.15, 0.2) is 0 Å². The normalized spacial score (nSPS) is 26.9. The smallest absolute Gasteiger partial charge is 0.313 e. The van der Waals surface area contributed by atoms with Crippen molar-refractivity contribution in [1.29, 1.82) is 0 Å². The third-order valence-electron chi connectivity index (χ3n) is 3.97. The summed E-state index contributed by atoms with van der Waals surface area (Å²) in [7, 11) is 0. The van der Waals surface area contributed by atoms with Gasteiger partial charge in [0.25, 0.3) is 0 Å². The fourth-order valence-corrected chi connectivity index (χ4v) is 2.80. The molecule has 2 rings (SSSR count). The van der Waals surface area contributed by atoms with Crippen LogP contribution in [0.3, 0.4) is 0 Å². The maximum atomic E-state index is 11.1. The van der Waals surface area contributed by atoms with Crippen molar-refractivity contribution < 1.29 is 14.3 Å². The molecule has 1 saturated carbocycles. The number of esters is 2. The van der Waals surface area contributed by atoms with Crippen LogP contribution in [0.5, 0.6) is 0 Å². The van der Waals surface area contributed by atoms with E-state index in [9.17, 15) is 9.59 Å². The molecule has 0 N–H and O–H groups in total. The van der Waals surface area contributed by atoms with Crippen LogP contribution in [0, 0.1) is 11.3 Å². The van der Waals surface area contributed by atoms with Crippen LogP contribution in [0.4, 0.5) is 0 Å². The van der Waals surface area contributed by atoms with E-state index in [1.165, 1.54) is 19.3 Å². The fraction of sp³-hybridized carbons (Fsp3) is 0.818. The molecule has 1 aliphatic carbocycles. The minimum atomic E-state index is -0.328. The second-order valence-electron chi connectivity index (χ2n) is 4.52. The molecule has 1 saturated heterocycles. The van der Waals surface area contributed by atoms with Crippen LogP contribution in [0.1, 0.15) is 45.4 Å². The van der Waals surface area contributed by atoms with E-state index < -0.39 is 0 Å². The first kappa shape index (κ1) is 9.69. The van der Waals surface area contributed by atoms with Crippen molar-refractivity contribution in [1.82, 2.24) is 0 Å². The van der Waals surface area contributed by atoms with Gasteiger partial charge in [-0.1, -0.05) is 19.8 Å². The first-order valence-electron chi connectivity index (χ1n) is 5.40. The molecule has 1 heterocycles. The van der Waals surface area contributed by atoms with E-state index in [-0.39, 0.29) is 23.3 Å². The van der Waals surface area contributed by atoms with Crippen molar-refractivity contribution in [2.45, 2.75) is 45.4 Å². The predicted molar refractivity (Wildman–Crippen MR) is 50.4 cm³/mol. The van der Waals surface area contributed by atoms with Gasteiger partial charge in [0.2, 0.25) is 0 Å². The van der Waals surface area contributed by atoms with Gasteiger partial charge in [0.15, 0.2) is 0 Å². The third-order valence-corrected chi connectivity index (χ3v) is 3.97. The second-order valence-corrected chi connectivity index (χ2v) is 4.52. The lowest BCUT2D eigenvalue weighted by Crippen LogP contribution is -2.42. The molecule has 2 aliphatic rings. The quantitative estimate of drug-likeness (QED) is 0.501. The Kier molecular flexibility index (Phi) is 2.33. The van der Waals surface area contributed by atoms with Gasteiger partial charge in [-0.25, -0.2) is 0 Å². The van der Waals surface area contributed by atoms with Crippen molar-refractivity contribution in [3.8, 4) is 0 Å². The van der Waals surface area contributed by atoms with Crippen molar-refractivity contribution in [2.75, 3.05) is 0 Å². The molecule has 0 bridgehead atoms. The maximum absolute atomic E-state index is 11.1. The summed E-state index contributed by atoms with van der Waals surface area (Å²) in [4.78, 5) is 22.3. The molecule has 2 fully saturated rings. The lowest BCUT2D eigenvalue weighted by molar-refractivity contribution is -0.170. The van der Waals surface area contributed by atoms with Crippen LogP contribution in [0.25, 0.3) is 0 Å². The minimum absolute atomic E-state index is 0.245. The number of carbonyl (C=O) groups is 2. The molecule has 14 heavy (non-hydrogen) atoms. The Morgan fingerprint density at radius 3 is 2.21 bits per heavy atom. The van der Waals surface area contributed by atoms with Gasteiger partial charge in [0, 0.05) is 12.8 Å². The van der Waals surface area contributed by atoms with Gasteiger partial charge in [-0.3, -0.25) is 9.59 Å². The molecule has 78 valence electrons. The summed E-state index contributed by atoms with van der Waals surface area (Å²) < 4.78 is 4.55. The molecular formula is C11H16O3. The molecule has 3 nitrogen and oxygen atoms in total. The van der Waals surface area contributed by atoms with Gasteiger partial charge < -0.3 is 4.74 Å². The van der Waals surface area contributed by atoms with E-state index in [4.69, 9.17) is 0 Å². The van der Waals surface area contributed by atoms with Gasteiger partial charge in [-0.05, 0) is 24.2 Å². The van der Waals surface area contributed by atoms with Crippen molar-refractivity contribution in [2.24, 2.45) is 11.3 Å². The average Bonchev–Trinajstić information content (AvgIpc) is 2.01. The molecule has 0 atom stereocenters. The van der Waals surface area contributed by atoms with E-state index in [0.29, 0.717) is 12.8 Å². The Labute approximate surface area is 83.8 Å². The number of cyclic esters (lactones) is 2. The van der Waals surface area contributed by atoms with E-state index in [2.05, 4.69) is 11.7 Å². The lowest BCUT2D eigenvalue weighted by Gasteiger charge is -2.48. The highest BCUT2D eigenvalue weighted by molar-refractivity contribution is 5.88. The van der Waals surface area contributed by atoms with E-state index >= 15 is 0 Å². The largest absolute Gasteiger partial charge is 0.393 e. The molecule has 0 aromatic rings. The van der Waals surface area contributed by atoms with Crippen molar-refractivity contribution >= 4 is 11.9 Å². The summed E-state index contributed by atoms with van der Waals surface area (Å²) in [6.07, 6.45) is 5.56. The Balaban J connectivity index is 2.09. The zero-order chi connectivity index (χ0) is 10.2. The van der Waals surface area contributed by atoms with Crippen LogP contribution < -0.4 is 0 Å². The molecule has 0 aromatic carbocycles. The number of rotatable bonds is 2. The van der Waals surface area contributed by atoms with Gasteiger partial charge in [0.1, 0.15) is 0 Å². The minimum Gasteiger partial charge on any atom is -0.393 e. The van der Waals surface area contributed by atoms with E-state index in [1.54, 1.807) is 0 Å². The van der Waals surface area contributed by atoms with Gasteiger partial charge in [0.05, 0.1) is 0 Å². The third kappa shape index (κ3) is 1.45. The fourth-order valence-electron chi connectivity index (χ4n) is 2.80. The second kappa shape index (κ2) is 3.37. The van der Waals surface area contributed by atoms with Gasteiger partial charge >= 0.3 is 11.9 Å². The van der Waals surface area contributed by atoms with Crippen LogP contribution in [0.2, 0.25) is 0 Å². The zero-order valence-corrected chi connectivity index (χ0v) is 8.54. The molecule has 1 aliphatic heterocycles. The Morgan fingerprint density at radius 1 is 1.29 bits per heavy atom. The molecular weight excluding hydrogens is 180 g/mol. The number of hydrogen-bond acceptors (Lipinski definition) is 3. The highest BCUT2D eigenvalue weighted by Gasteiger charge is 2.46. The van der Waals surface area contributed by atoms with E-state index in [0.717, 1.165) is 6.42 Å². The zero-order valence-electron chi connectivity index (χ0n) is 8.54. The van der Waals surface area contributed by atoms with E-state index in [1.807, 2.05) is 0 Å². The van der Waals surface area contributed by atoms with Crippen LogP contribution in [-0.4, -0.2) is 11.9 Å². The van der Waals surface area contributed by atoms with Crippen LogP contribution >= 0.6 is 0 Å². The molecule has 3 heteroatoms. The molecule has 0 spiro atoms. The van der Waals surface area contributed by atoms with Crippen molar-refractivity contribution in [3.05, 3.63) is 0 Å². The number of carbonyl (C=O) groups excluding carboxylic acids is 2. The summed E-state index contributed by atoms with van der Waals surface area (Å²) in [5.41, 5.74) is 0.273. The van der Waals surface area contributed by atoms with Gasteiger partial charge in [-0.2, -0.15) is 0 Å². The highest BCUT2D eigenvalue weighted by Crippen LogP contribution is 2.52. The Morgan fingerprint density at radius 2 is 1.86 bits per heavy atom. The standard InChI is InChI=1S/C11H16O3/c1-2-11(4-3-5-11)8-6-9(12)14-10(13)7-8/h8H,2-7H2,1H3. The van der Waals surface area contributed by atoms with Gasteiger partial charge in [-0.15, -0.1) is 0 Å². The monoisotopic (exact) mass is 196 g/mol. The van der Waals surface area contributed by atoms with Crippen molar-refractivity contribution in [3.63, 3.8) is 0 Å². The predicted octanol–water partition coefficient (Wildman–Crippen LogP) is 2.05. The van der Waals surface area contributed by atoms with Crippen LogP contribution in [-0.2, 0) is 14.3 Å². The summed E-state index contributed by atoms with van der Waals surface area (Å²) >= 11 is 0. The number of ether oxygens (including phenoxy) is 1. The maximum Gasteiger partial charge on any atom is 0.313 e. The summed E-state index contributed by atoms with van der Waals surface area (Å²) in [5, 5.41) is 0. The topological polar surface area (TPSA) is 43.4 Å². The average molecular weight is 196 g/mol. The summed E-state index contributed by atoms with van der Waals surface area (Å²) in [6, 6.07) is 0. The number of hydrogen-bond donors (Lipinski definition) is 0. The molecule has 0 unspecified atom stereocenters. The SMILES string of the molecule is CCC1(C2CC(=O)OC(=O)C2)CCC1. The summed E-state index contributed by atoms with van der Waals surface area (Å²) in [5.74, 6) is -0.410. The molecule has 0 aromatic heterocycles. The lowest BCUT2D eigenvalue weighted by atomic mass is 9.57. The Bertz CT molecular complexity index is 244. The summed E-state index contributed by atoms with van der Waals surface area (Å²) in [6.45, 7) is 2.16. The first-order valence-corrected chi connectivity index (χ1v) is 5.40. The first-order chi connectivity index (χ1) is 6.66. The Hall–Kier alpha value is -0.860. The molecule has 0 amide bonds.